The minimum Gasteiger partial charge on any atom is -0.349 e. The first-order chi connectivity index (χ1) is 12.5. The summed E-state index contributed by atoms with van der Waals surface area (Å²) in [6, 6.07) is 17.2. The Morgan fingerprint density at radius 1 is 1.15 bits per heavy atom. The van der Waals surface area contributed by atoms with Gasteiger partial charge in [0, 0.05) is 18.5 Å². The number of carbonyl (C=O) groups is 2. The van der Waals surface area contributed by atoms with Crippen molar-refractivity contribution >= 4 is 23.4 Å². The SMILES string of the molecule is CC(=O)NC(CC(=O)N1CCCC1c1ccccc1)c1ccc(Cl)cc1. The molecule has 2 aromatic rings. The fourth-order valence-corrected chi connectivity index (χ4v) is 3.70. The normalized spacial score (nSPS) is 17.8. The molecule has 3 rings (SSSR count). The van der Waals surface area contributed by atoms with E-state index < -0.39 is 0 Å². The van der Waals surface area contributed by atoms with Crippen LogP contribution >= 0.6 is 11.6 Å². The average molecular weight is 371 g/mol. The van der Waals surface area contributed by atoms with E-state index in [4.69, 9.17) is 11.6 Å². The highest BCUT2D eigenvalue weighted by Gasteiger charge is 2.31. The van der Waals surface area contributed by atoms with Gasteiger partial charge in [-0.1, -0.05) is 54.1 Å². The number of hydrogen-bond acceptors (Lipinski definition) is 2. The molecule has 0 saturated carbocycles. The number of likely N-dealkylation sites (tertiary alicyclic amines) is 1. The van der Waals surface area contributed by atoms with Crippen LogP contribution in [-0.4, -0.2) is 23.3 Å². The van der Waals surface area contributed by atoms with Gasteiger partial charge in [-0.25, -0.2) is 0 Å². The van der Waals surface area contributed by atoms with E-state index in [1.165, 1.54) is 12.5 Å². The van der Waals surface area contributed by atoms with Crippen molar-refractivity contribution in [1.29, 1.82) is 0 Å². The van der Waals surface area contributed by atoms with Crippen molar-refractivity contribution in [2.75, 3.05) is 6.54 Å². The van der Waals surface area contributed by atoms with Gasteiger partial charge in [-0.2, -0.15) is 0 Å². The van der Waals surface area contributed by atoms with Gasteiger partial charge in [0.25, 0.3) is 0 Å². The highest BCUT2D eigenvalue weighted by molar-refractivity contribution is 6.30. The Kier molecular flexibility index (Phi) is 5.94. The van der Waals surface area contributed by atoms with E-state index in [9.17, 15) is 9.59 Å². The summed E-state index contributed by atoms with van der Waals surface area (Å²) in [5.74, 6) is -0.0937. The fraction of sp³-hybridized carbons (Fsp3) is 0.333. The van der Waals surface area contributed by atoms with Gasteiger partial charge in [-0.3, -0.25) is 9.59 Å². The first kappa shape index (κ1) is 18.5. The van der Waals surface area contributed by atoms with Gasteiger partial charge in [0.15, 0.2) is 0 Å². The van der Waals surface area contributed by atoms with Gasteiger partial charge < -0.3 is 10.2 Å². The molecule has 0 spiro atoms. The van der Waals surface area contributed by atoms with Crippen LogP contribution in [0, 0.1) is 0 Å². The third kappa shape index (κ3) is 4.44. The van der Waals surface area contributed by atoms with Crippen molar-refractivity contribution in [3.8, 4) is 0 Å². The molecule has 136 valence electrons. The first-order valence-corrected chi connectivity index (χ1v) is 9.29. The summed E-state index contributed by atoms with van der Waals surface area (Å²) in [5, 5.41) is 3.53. The molecule has 1 heterocycles. The molecule has 1 N–H and O–H groups in total. The largest absolute Gasteiger partial charge is 0.349 e. The number of halogens is 1. The topological polar surface area (TPSA) is 49.4 Å². The Hall–Kier alpha value is -2.33. The molecule has 2 aromatic carbocycles. The number of amides is 2. The molecule has 1 saturated heterocycles. The van der Waals surface area contributed by atoms with Gasteiger partial charge in [-0.05, 0) is 36.1 Å². The van der Waals surface area contributed by atoms with E-state index in [-0.39, 0.29) is 30.3 Å². The molecule has 0 aromatic heterocycles. The number of benzene rings is 2. The maximum atomic E-state index is 13.0. The van der Waals surface area contributed by atoms with E-state index in [0.29, 0.717) is 5.02 Å². The third-order valence-corrected chi connectivity index (χ3v) is 5.04. The Morgan fingerprint density at radius 2 is 1.85 bits per heavy atom. The van der Waals surface area contributed by atoms with Crippen molar-refractivity contribution in [3.05, 3.63) is 70.7 Å². The van der Waals surface area contributed by atoms with E-state index in [2.05, 4.69) is 17.4 Å². The van der Waals surface area contributed by atoms with Crippen LogP contribution in [0.25, 0.3) is 0 Å². The molecule has 0 aliphatic carbocycles. The zero-order chi connectivity index (χ0) is 18.5. The number of hydrogen-bond donors (Lipinski definition) is 1. The lowest BCUT2D eigenvalue weighted by Gasteiger charge is -2.27. The highest BCUT2D eigenvalue weighted by Crippen LogP contribution is 2.33. The molecule has 2 atom stereocenters. The molecule has 2 unspecified atom stereocenters. The summed E-state index contributed by atoms with van der Waals surface area (Å²) in [6.45, 7) is 2.22. The summed E-state index contributed by atoms with van der Waals surface area (Å²) in [6.07, 6.45) is 2.21. The van der Waals surface area contributed by atoms with Crippen molar-refractivity contribution in [1.82, 2.24) is 10.2 Å². The lowest BCUT2D eigenvalue weighted by atomic mass is 10.0. The molecule has 0 radical (unpaired) electrons. The molecular formula is C21H23ClN2O2. The van der Waals surface area contributed by atoms with Crippen LogP contribution in [-0.2, 0) is 9.59 Å². The minimum absolute atomic E-state index is 0.0602. The fourth-order valence-electron chi connectivity index (χ4n) is 3.57. The Balaban J connectivity index is 1.76. The van der Waals surface area contributed by atoms with Crippen molar-refractivity contribution in [2.45, 2.75) is 38.3 Å². The predicted octanol–water partition coefficient (Wildman–Crippen LogP) is 4.27. The Labute approximate surface area is 159 Å². The molecule has 1 aliphatic heterocycles. The van der Waals surface area contributed by atoms with Crippen LogP contribution in [0.3, 0.4) is 0 Å². The number of rotatable bonds is 5. The van der Waals surface area contributed by atoms with Gasteiger partial charge in [-0.15, -0.1) is 0 Å². The zero-order valence-corrected chi connectivity index (χ0v) is 15.6. The maximum Gasteiger partial charge on any atom is 0.225 e. The summed E-state index contributed by atoms with van der Waals surface area (Å²) in [7, 11) is 0. The van der Waals surface area contributed by atoms with Crippen LogP contribution in [0.15, 0.2) is 54.6 Å². The Bertz CT molecular complexity index is 761. The molecule has 0 bridgehead atoms. The third-order valence-electron chi connectivity index (χ3n) is 4.79. The molecule has 1 fully saturated rings. The second kappa shape index (κ2) is 8.37. The first-order valence-electron chi connectivity index (χ1n) is 8.91. The molecule has 2 amide bonds. The van der Waals surface area contributed by atoms with Crippen LogP contribution in [0.2, 0.25) is 5.02 Å². The van der Waals surface area contributed by atoms with Gasteiger partial charge in [0.2, 0.25) is 11.8 Å². The van der Waals surface area contributed by atoms with Gasteiger partial charge in [0.1, 0.15) is 0 Å². The van der Waals surface area contributed by atoms with Crippen LogP contribution in [0.5, 0.6) is 0 Å². The maximum absolute atomic E-state index is 13.0. The van der Waals surface area contributed by atoms with E-state index in [1.807, 2.05) is 35.2 Å². The second-order valence-electron chi connectivity index (χ2n) is 6.66. The molecular weight excluding hydrogens is 348 g/mol. The second-order valence-corrected chi connectivity index (χ2v) is 7.10. The molecule has 1 aliphatic rings. The Morgan fingerprint density at radius 3 is 2.50 bits per heavy atom. The quantitative estimate of drug-likeness (QED) is 0.854. The number of nitrogens with zero attached hydrogens (tertiary/aromatic N) is 1. The molecule has 5 heteroatoms. The summed E-state index contributed by atoms with van der Waals surface area (Å²) >= 11 is 5.96. The zero-order valence-electron chi connectivity index (χ0n) is 14.8. The molecule has 26 heavy (non-hydrogen) atoms. The standard InChI is InChI=1S/C21H23ClN2O2/c1-15(25)23-19(16-9-11-18(22)12-10-16)14-21(26)24-13-5-8-20(24)17-6-3-2-4-7-17/h2-4,6-7,9-12,19-20H,5,8,13-14H2,1H3,(H,23,25). The van der Waals surface area contributed by atoms with E-state index in [1.54, 1.807) is 12.1 Å². The minimum atomic E-state index is -0.353. The smallest absolute Gasteiger partial charge is 0.225 e. The summed E-state index contributed by atoms with van der Waals surface area (Å²) in [4.78, 5) is 26.6. The van der Waals surface area contributed by atoms with Crippen molar-refractivity contribution in [3.63, 3.8) is 0 Å². The lowest BCUT2D eigenvalue weighted by Crippen LogP contribution is -2.35. The number of nitrogens with one attached hydrogen (secondary N) is 1. The average Bonchev–Trinajstić information content (AvgIpc) is 3.12. The summed E-state index contributed by atoms with van der Waals surface area (Å²) < 4.78 is 0. The lowest BCUT2D eigenvalue weighted by molar-refractivity contribution is -0.133. The number of carbonyl (C=O) groups excluding carboxylic acids is 2. The van der Waals surface area contributed by atoms with Gasteiger partial charge >= 0.3 is 0 Å². The van der Waals surface area contributed by atoms with Crippen LogP contribution in [0.4, 0.5) is 0 Å². The molecule has 4 nitrogen and oxygen atoms in total. The van der Waals surface area contributed by atoms with Crippen molar-refractivity contribution in [2.24, 2.45) is 0 Å². The predicted molar refractivity (Wildman–Crippen MR) is 103 cm³/mol. The van der Waals surface area contributed by atoms with Crippen LogP contribution in [0.1, 0.15) is 49.4 Å². The highest BCUT2D eigenvalue weighted by atomic mass is 35.5. The monoisotopic (exact) mass is 370 g/mol. The van der Waals surface area contributed by atoms with Gasteiger partial charge in [0.05, 0.1) is 18.5 Å². The van der Waals surface area contributed by atoms with Crippen molar-refractivity contribution < 1.29 is 9.59 Å². The van der Waals surface area contributed by atoms with E-state index in [0.717, 1.165) is 24.9 Å². The summed E-state index contributed by atoms with van der Waals surface area (Å²) in [5.41, 5.74) is 2.05. The van der Waals surface area contributed by atoms with E-state index >= 15 is 0 Å². The van der Waals surface area contributed by atoms with Crippen LogP contribution < -0.4 is 5.32 Å².